The van der Waals surface area contributed by atoms with Gasteiger partial charge < -0.3 is 5.32 Å². The van der Waals surface area contributed by atoms with Gasteiger partial charge >= 0.3 is 0 Å². The summed E-state index contributed by atoms with van der Waals surface area (Å²) < 4.78 is 28.1. The molecule has 0 aliphatic heterocycles. The lowest BCUT2D eigenvalue weighted by Gasteiger charge is -2.06. The van der Waals surface area contributed by atoms with Crippen LogP contribution in [0.5, 0.6) is 0 Å². The summed E-state index contributed by atoms with van der Waals surface area (Å²) in [4.78, 5) is 4.40. The summed E-state index contributed by atoms with van der Waals surface area (Å²) in [7, 11) is 0. The summed E-state index contributed by atoms with van der Waals surface area (Å²) in [6.07, 6.45) is 0. The molecule has 0 bridgehead atoms. The third-order valence-electron chi connectivity index (χ3n) is 2.78. The first kappa shape index (κ1) is 13.5. The highest BCUT2D eigenvalue weighted by Crippen LogP contribution is 2.33. The van der Waals surface area contributed by atoms with Crippen LogP contribution in [0.2, 0.25) is 0 Å². The van der Waals surface area contributed by atoms with Crippen LogP contribution in [0.1, 0.15) is 5.56 Å². The molecular weight excluding hydrogens is 346 g/mol. The van der Waals surface area contributed by atoms with Crippen LogP contribution in [0, 0.1) is 18.6 Å². The van der Waals surface area contributed by atoms with Gasteiger partial charge in [0.2, 0.25) is 0 Å². The van der Waals surface area contributed by atoms with E-state index in [9.17, 15) is 8.78 Å². The topological polar surface area (TPSA) is 24.9 Å². The Morgan fingerprint density at radius 1 is 1.20 bits per heavy atom. The largest absolute Gasteiger partial charge is 0.328 e. The summed E-state index contributed by atoms with van der Waals surface area (Å²) in [6, 6.07) is 7.99. The van der Waals surface area contributed by atoms with Gasteiger partial charge in [0, 0.05) is 10.5 Å². The van der Waals surface area contributed by atoms with E-state index in [1.807, 2.05) is 25.1 Å². The molecule has 0 fully saturated rings. The Hall–Kier alpha value is -1.53. The molecule has 3 aromatic rings. The van der Waals surface area contributed by atoms with Crippen molar-refractivity contribution in [1.82, 2.24) is 4.98 Å². The molecule has 0 amide bonds. The Bertz CT molecular complexity index is 778. The monoisotopic (exact) mass is 354 g/mol. The average Bonchev–Trinajstić information content (AvgIpc) is 2.75. The molecule has 2 nitrogen and oxygen atoms in total. The van der Waals surface area contributed by atoms with Crippen molar-refractivity contribution in [2.75, 3.05) is 5.32 Å². The average molecular weight is 355 g/mol. The predicted octanol–water partition coefficient (Wildman–Crippen LogP) is 5.39. The van der Waals surface area contributed by atoms with Gasteiger partial charge in [-0.15, -0.1) is 0 Å². The van der Waals surface area contributed by atoms with E-state index in [2.05, 4.69) is 26.2 Å². The number of thiazole rings is 1. The highest BCUT2D eigenvalue weighted by atomic mass is 79.9. The molecule has 0 saturated heterocycles. The lowest BCUT2D eigenvalue weighted by atomic mass is 10.2. The van der Waals surface area contributed by atoms with Crippen LogP contribution in [0.4, 0.5) is 19.6 Å². The lowest BCUT2D eigenvalue weighted by molar-refractivity contribution is 0.584. The molecule has 1 aromatic heterocycles. The van der Waals surface area contributed by atoms with E-state index in [-0.39, 0.29) is 5.69 Å². The molecule has 0 aliphatic rings. The number of hydrogen-bond donors (Lipinski definition) is 1. The van der Waals surface area contributed by atoms with Gasteiger partial charge in [0.1, 0.15) is 5.82 Å². The summed E-state index contributed by atoms with van der Waals surface area (Å²) in [5.74, 6) is -1.29. The van der Waals surface area contributed by atoms with Gasteiger partial charge in [-0.1, -0.05) is 17.4 Å². The van der Waals surface area contributed by atoms with Crippen LogP contribution in [0.3, 0.4) is 0 Å². The molecule has 102 valence electrons. The van der Waals surface area contributed by atoms with Crippen molar-refractivity contribution >= 4 is 48.3 Å². The van der Waals surface area contributed by atoms with Gasteiger partial charge in [0.05, 0.1) is 15.9 Å². The number of benzene rings is 2. The summed E-state index contributed by atoms with van der Waals surface area (Å²) >= 11 is 4.56. The van der Waals surface area contributed by atoms with Crippen molar-refractivity contribution in [3.05, 3.63) is 52.0 Å². The van der Waals surface area contributed by atoms with Gasteiger partial charge in [0.25, 0.3) is 0 Å². The molecule has 6 heteroatoms. The molecule has 0 radical (unpaired) electrons. The molecular formula is C14H9BrF2N2S. The zero-order chi connectivity index (χ0) is 14.3. The molecule has 2 aromatic carbocycles. The van der Waals surface area contributed by atoms with E-state index >= 15 is 0 Å². The Balaban J connectivity index is 2.01. The Kier molecular flexibility index (Phi) is 3.43. The van der Waals surface area contributed by atoms with Crippen molar-refractivity contribution in [3.8, 4) is 0 Å². The van der Waals surface area contributed by atoms with Crippen LogP contribution in [0.15, 0.2) is 34.8 Å². The first-order valence-electron chi connectivity index (χ1n) is 5.82. The number of fused-ring (bicyclic) bond motifs is 1. The third kappa shape index (κ3) is 2.53. The van der Waals surface area contributed by atoms with Crippen molar-refractivity contribution in [2.45, 2.75) is 6.92 Å². The summed E-state index contributed by atoms with van der Waals surface area (Å²) in [5.41, 5.74) is 2.15. The van der Waals surface area contributed by atoms with E-state index in [4.69, 9.17) is 0 Å². The minimum atomic E-state index is -0.660. The molecule has 0 spiro atoms. The quantitative estimate of drug-likeness (QED) is 0.667. The number of aromatic nitrogens is 1. The van der Waals surface area contributed by atoms with E-state index in [0.717, 1.165) is 21.8 Å². The second kappa shape index (κ2) is 5.10. The van der Waals surface area contributed by atoms with Crippen LogP contribution in [-0.4, -0.2) is 4.98 Å². The van der Waals surface area contributed by atoms with Crippen molar-refractivity contribution in [3.63, 3.8) is 0 Å². The second-order valence-electron chi connectivity index (χ2n) is 4.36. The van der Waals surface area contributed by atoms with E-state index in [1.54, 1.807) is 0 Å². The molecule has 0 saturated carbocycles. The van der Waals surface area contributed by atoms with Crippen LogP contribution in [0.25, 0.3) is 10.2 Å². The zero-order valence-corrected chi connectivity index (χ0v) is 12.8. The number of halogens is 3. The van der Waals surface area contributed by atoms with Gasteiger partial charge in [-0.2, -0.15) is 0 Å². The number of nitrogens with zero attached hydrogens (tertiary/aromatic N) is 1. The van der Waals surface area contributed by atoms with Crippen LogP contribution >= 0.6 is 27.3 Å². The molecule has 3 rings (SSSR count). The number of rotatable bonds is 2. The smallest absolute Gasteiger partial charge is 0.188 e. The molecule has 1 heterocycles. The molecule has 0 unspecified atom stereocenters. The fourth-order valence-electron chi connectivity index (χ4n) is 1.86. The number of nitrogens with one attached hydrogen (secondary N) is 1. The Morgan fingerprint density at radius 2 is 2.00 bits per heavy atom. The minimum absolute atomic E-state index is 0.183. The normalized spacial score (nSPS) is 11.0. The van der Waals surface area contributed by atoms with E-state index < -0.39 is 11.6 Å². The third-order valence-corrected chi connectivity index (χ3v) is 4.36. The van der Waals surface area contributed by atoms with Crippen LogP contribution < -0.4 is 5.32 Å². The first-order valence-corrected chi connectivity index (χ1v) is 7.42. The molecule has 0 aliphatic carbocycles. The summed E-state index contributed by atoms with van der Waals surface area (Å²) in [6.45, 7) is 1.99. The standard InChI is InChI=1S/C14H9BrF2N2S/c1-7-2-3-12-11(4-7)18-14(20-12)19-13-9(15)5-8(16)6-10(13)17/h2-6H,1H3,(H,18,19). The highest BCUT2D eigenvalue weighted by Gasteiger charge is 2.12. The maximum absolute atomic E-state index is 13.8. The number of hydrogen-bond acceptors (Lipinski definition) is 3. The van der Waals surface area contributed by atoms with Crippen molar-refractivity contribution in [2.24, 2.45) is 0 Å². The number of aryl methyl sites for hydroxylation is 1. The van der Waals surface area contributed by atoms with Crippen molar-refractivity contribution in [1.29, 1.82) is 0 Å². The molecule has 1 N–H and O–H groups in total. The predicted molar refractivity (Wildman–Crippen MR) is 81.7 cm³/mol. The SMILES string of the molecule is Cc1ccc2sc(Nc3c(F)cc(F)cc3Br)nc2c1. The zero-order valence-electron chi connectivity index (χ0n) is 10.4. The van der Waals surface area contributed by atoms with Gasteiger partial charge in [-0.25, -0.2) is 13.8 Å². The maximum Gasteiger partial charge on any atom is 0.188 e. The maximum atomic E-state index is 13.8. The van der Waals surface area contributed by atoms with E-state index in [1.165, 1.54) is 17.4 Å². The van der Waals surface area contributed by atoms with Gasteiger partial charge in [-0.05, 0) is 46.6 Å². The Labute approximate surface area is 126 Å². The number of anilines is 2. The van der Waals surface area contributed by atoms with E-state index in [0.29, 0.717) is 9.60 Å². The minimum Gasteiger partial charge on any atom is -0.328 e. The lowest BCUT2D eigenvalue weighted by Crippen LogP contribution is -1.95. The van der Waals surface area contributed by atoms with Gasteiger partial charge in [-0.3, -0.25) is 0 Å². The fraction of sp³-hybridized carbons (Fsp3) is 0.0714. The van der Waals surface area contributed by atoms with Crippen LogP contribution in [-0.2, 0) is 0 Å². The molecule has 0 atom stereocenters. The fourth-order valence-corrected chi connectivity index (χ4v) is 3.22. The summed E-state index contributed by atoms with van der Waals surface area (Å²) in [5, 5.41) is 3.46. The second-order valence-corrected chi connectivity index (χ2v) is 6.24. The van der Waals surface area contributed by atoms with Crippen molar-refractivity contribution < 1.29 is 8.78 Å². The first-order chi connectivity index (χ1) is 9.52. The Morgan fingerprint density at radius 3 is 2.75 bits per heavy atom. The molecule has 20 heavy (non-hydrogen) atoms. The van der Waals surface area contributed by atoms with Gasteiger partial charge in [0.15, 0.2) is 10.9 Å². The highest BCUT2D eigenvalue weighted by molar-refractivity contribution is 9.10.